The van der Waals surface area contributed by atoms with Crippen molar-refractivity contribution in [2.45, 2.75) is 33.4 Å². The predicted octanol–water partition coefficient (Wildman–Crippen LogP) is 5.48. The average molecular weight is 501 g/mol. The summed E-state index contributed by atoms with van der Waals surface area (Å²) in [7, 11) is 0. The SMILES string of the molecule is CCOCCCN(CC(=O)N(Cc1ccc(F)cc1)Cc1ccc(C)o1)C(=O)c1cccc(Cl)c1. The number of aryl methyl sites for hydroxylation is 1. The third kappa shape index (κ3) is 8.23. The van der Waals surface area contributed by atoms with Crippen molar-refractivity contribution in [3.8, 4) is 0 Å². The fourth-order valence-electron chi connectivity index (χ4n) is 3.62. The molecule has 0 aliphatic rings. The normalized spacial score (nSPS) is 10.9. The Hall–Kier alpha value is -3.16. The lowest BCUT2D eigenvalue weighted by molar-refractivity contribution is -0.133. The van der Waals surface area contributed by atoms with Crippen LogP contribution in [0.5, 0.6) is 0 Å². The highest BCUT2D eigenvalue weighted by Gasteiger charge is 2.23. The van der Waals surface area contributed by atoms with Crippen LogP contribution in [0.3, 0.4) is 0 Å². The number of ether oxygens (including phenoxy) is 1. The summed E-state index contributed by atoms with van der Waals surface area (Å²) >= 11 is 6.09. The predicted molar refractivity (Wildman–Crippen MR) is 133 cm³/mol. The van der Waals surface area contributed by atoms with Crippen molar-refractivity contribution < 1.29 is 23.1 Å². The molecule has 3 aromatic rings. The summed E-state index contributed by atoms with van der Waals surface area (Å²) in [5, 5.41) is 0.447. The summed E-state index contributed by atoms with van der Waals surface area (Å²) in [6, 6.07) is 16.3. The zero-order valence-electron chi connectivity index (χ0n) is 20.0. The second-order valence-electron chi connectivity index (χ2n) is 8.18. The minimum atomic E-state index is -0.346. The molecule has 0 aliphatic carbocycles. The number of nitrogens with zero attached hydrogens (tertiary/aromatic N) is 2. The van der Waals surface area contributed by atoms with Crippen LogP contribution in [-0.4, -0.2) is 47.9 Å². The van der Waals surface area contributed by atoms with Crippen molar-refractivity contribution in [3.63, 3.8) is 0 Å². The fourth-order valence-corrected chi connectivity index (χ4v) is 3.81. The van der Waals surface area contributed by atoms with Gasteiger partial charge >= 0.3 is 0 Å². The van der Waals surface area contributed by atoms with Crippen LogP contribution in [0.25, 0.3) is 0 Å². The van der Waals surface area contributed by atoms with E-state index in [4.69, 9.17) is 20.8 Å². The van der Waals surface area contributed by atoms with Crippen LogP contribution in [0.1, 0.15) is 40.8 Å². The molecular weight excluding hydrogens is 471 g/mol. The van der Waals surface area contributed by atoms with E-state index in [1.807, 2.05) is 26.0 Å². The van der Waals surface area contributed by atoms with Gasteiger partial charge in [0.25, 0.3) is 5.91 Å². The van der Waals surface area contributed by atoms with Crippen molar-refractivity contribution >= 4 is 23.4 Å². The second kappa shape index (κ2) is 13.1. The molecule has 6 nitrogen and oxygen atoms in total. The van der Waals surface area contributed by atoms with Crippen molar-refractivity contribution in [1.29, 1.82) is 0 Å². The lowest BCUT2D eigenvalue weighted by Crippen LogP contribution is -2.43. The Labute approximate surface area is 210 Å². The van der Waals surface area contributed by atoms with Gasteiger partial charge in [0.1, 0.15) is 23.9 Å². The van der Waals surface area contributed by atoms with Gasteiger partial charge in [-0.25, -0.2) is 4.39 Å². The Morgan fingerprint density at radius 1 is 1.03 bits per heavy atom. The van der Waals surface area contributed by atoms with Crippen LogP contribution < -0.4 is 0 Å². The minimum absolute atomic E-state index is 0.127. The lowest BCUT2D eigenvalue weighted by atomic mass is 10.1. The summed E-state index contributed by atoms with van der Waals surface area (Å²) in [5.74, 6) is 0.480. The number of hydrogen-bond donors (Lipinski definition) is 0. The van der Waals surface area contributed by atoms with E-state index in [-0.39, 0.29) is 37.3 Å². The van der Waals surface area contributed by atoms with Gasteiger partial charge in [-0.1, -0.05) is 29.8 Å². The minimum Gasteiger partial charge on any atom is -0.464 e. The number of halogens is 2. The summed E-state index contributed by atoms with van der Waals surface area (Å²) in [6.07, 6.45) is 0.586. The van der Waals surface area contributed by atoms with Crippen LogP contribution in [-0.2, 0) is 22.6 Å². The molecule has 0 fully saturated rings. The summed E-state index contributed by atoms with van der Waals surface area (Å²) in [4.78, 5) is 29.9. The monoisotopic (exact) mass is 500 g/mol. The molecule has 0 unspecified atom stereocenters. The Kier molecular flexibility index (Phi) is 9.87. The van der Waals surface area contributed by atoms with E-state index in [1.165, 1.54) is 17.0 Å². The molecule has 2 aromatic carbocycles. The number of hydrogen-bond acceptors (Lipinski definition) is 4. The van der Waals surface area contributed by atoms with E-state index < -0.39 is 0 Å². The molecule has 0 saturated carbocycles. The summed E-state index contributed by atoms with van der Waals surface area (Å²) in [5.41, 5.74) is 1.18. The van der Waals surface area contributed by atoms with Gasteiger partial charge < -0.3 is 19.0 Å². The Balaban J connectivity index is 1.80. The molecule has 0 radical (unpaired) electrons. The van der Waals surface area contributed by atoms with Gasteiger partial charge in [0.05, 0.1) is 6.54 Å². The number of benzene rings is 2. The highest BCUT2D eigenvalue weighted by molar-refractivity contribution is 6.31. The zero-order valence-corrected chi connectivity index (χ0v) is 20.8. The summed E-state index contributed by atoms with van der Waals surface area (Å²) < 4.78 is 24.5. The highest BCUT2D eigenvalue weighted by Crippen LogP contribution is 2.16. The Morgan fingerprint density at radius 2 is 1.80 bits per heavy atom. The average Bonchev–Trinajstić information content (AvgIpc) is 3.26. The Bertz CT molecular complexity index is 1120. The van der Waals surface area contributed by atoms with Gasteiger partial charge in [-0.15, -0.1) is 0 Å². The molecule has 1 heterocycles. The zero-order chi connectivity index (χ0) is 25.2. The van der Waals surface area contributed by atoms with Crippen LogP contribution in [0, 0.1) is 12.7 Å². The van der Waals surface area contributed by atoms with Gasteiger partial charge in [-0.2, -0.15) is 0 Å². The van der Waals surface area contributed by atoms with Gasteiger partial charge in [0.2, 0.25) is 5.91 Å². The van der Waals surface area contributed by atoms with Crippen molar-refractivity contribution in [1.82, 2.24) is 9.80 Å². The molecule has 35 heavy (non-hydrogen) atoms. The molecule has 0 atom stereocenters. The molecule has 0 aliphatic heterocycles. The largest absolute Gasteiger partial charge is 0.464 e. The quantitative estimate of drug-likeness (QED) is 0.309. The van der Waals surface area contributed by atoms with Gasteiger partial charge in [0, 0.05) is 36.9 Å². The molecule has 1 aromatic heterocycles. The molecule has 8 heteroatoms. The third-order valence-corrected chi connectivity index (χ3v) is 5.62. The van der Waals surface area contributed by atoms with Crippen molar-refractivity contribution in [2.75, 3.05) is 26.3 Å². The molecule has 0 saturated heterocycles. The first-order valence-corrected chi connectivity index (χ1v) is 11.9. The maximum Gasteiger partial charge on any atom is 0.254 e. The fraction of sp³-hybridized carbons (Fsp3) is 0.333. The van der Waals surface area contributed by atoms with Crippen LogP contribution in [0.15, 0.2) is 65.1 Å². The molecule has 0 spiro atoms. The smallest absolute Gasteiger partial charge is 0.254 e. The van der Waals surface area contributed by atoms with E-state index in [0.29, 0.717) is 42.5 Å². The van der Waals surface area contributed by atoms with Crippen LogP contribution >= 0.6 is 11.6 Å². The molecule has 3 rings (SSSR count). The first-order valence-electron chi connectivity index (χ1n) is 11.6. The van der Waals surface area contributed by atoms with Gasteiger partial charge in [0.15, 0.2) is 0 Å². The van der Waals surface area contributed by atoms with Crippen LogP contribution in [0.2, 0.25) is 5.02 Å². The van der Waals surface area contributed by atoms with Crippen LogP contribution in [0.4, 0.5) is 4.39 Å². The van der Waals surface area contributed by atoms with Gasteiger partial charge in [-0.05, 0) is 68.3 Å². The maximum atomic E-state index is 13.5. The number of carbonyl (C=O) groups is 2. The van der Waals surface area contributed by atoms with Crippen molar-refractivity contribution in [2.24, 2.45) is 0 Å². The molecule has 2 amide bonds. The lowest BCUT2D eigenvalue weighted by Gasteiger charge is -2.27. The van der Waals surface area contributed by atoms with E-state index in [1.54, 1.807) is 41.3 Å². The van der Waals surface area contributed by atoms with Gasteiger partial charge in [-0.3, -0.25) is 9.59 Å². The number of rotatable bonds is 12. The van der Waals surface area contributed by atoms with E-state index in [2.05, 4.69) is 0 Å². The number of amides is 2. The molecule has 0 N–H and O–H groups in total. The maximum absolute atomic E-state index is 13.5. The molecule has 186 valence electrons. The topological polar surface area (TPSA) is 63.0 Å². The first-order chi connectivity index (χ1) is 16.9. The first kappa shape index (κ1) is 26.4. The van der Waals surface area contributed by atoms with E-state index in [9.17, 15) is 14.0 Å². The highest BCUT2D eigenvalue weighted by atomic mass is 35.5. The van der Waals surface area contributed by atoms with E-state index in [0.717, 1.165) is 11.3 Å². The molecular formula is C27H30ClFN2O4. The van der Waals surface area contributed by atoms with E-state index >= 15 is 0 Å². The Morgan fingerprint density at radius 3 is 2.46 bits per heavy atom. The van der Waals surface area contributed by atoms with Crippen molar-refractivity contribution in [3.05, 3.63) is 94.2 Å². The number of carbonyl (C=O) groups excluding carboxylic acids is 2. The third-order valence-electron chi connectivity index (χ3n) is 5.39. The number of furan rings is 1. The standard InChI is InChI=1S/C27H30ClFN2O4/c1-3-34-15-5-14-30(27(33)22-6-4-7-23(28)16-22)19-26(32)31(18-25-13-8-20(2)35-25)17-21-9-11-24(29)12-10-21/h4,6-13,16H,3,5,14-15,17-19H2,1-2H3. The summed E-state index contributed by atoms with van der Waals surface area (Å²) in [6.45, 7) is 5.49. The second-order valence-corrected chi connectivity index (χ2v) is 8.61. The molecule has 0 bridgehead atoms.